The van der Waals surface area contributed by atoms with Gasteiger partial charge in [0, 0.05) is 10.8 Å². The third-order valence-electron chi connectivity index (χ3n) is 3.28. The summed E-state index contributed by atoms with van der Waals surface area (Å²) in [5.41, 5.74) is 0. The van der Waals surface area contributed by atoms with E-state index in [0.29, 0.717) is 10.8 Å². The fourth-order valence-electron chi connectivity index (χ4n) is 2.33. The van der Waals surface area contributed by atoms with Crippen molar-refractivity contribution >= 4 is 27.5 Å². The Morgan fingerprint density at radius 2 is 1.68 bits per heavy atom. The molecule has 0 aliphatic rings. The molecule has 0 aromatic heterocycles. The standard InChI is InChI=1S/C16H9F3O3/c17-16(18,19)15(21)22-13-8-7-12(20)14-10-4-2-1-3-9(10)5-6-11(13)14/h1-8,20H. The fraction of sp³-hybridized carbons (Fsp3) is 0.0625. The first kappa shape index (κ1) is 14.2. The van der Waals surface area contributed by atoms with Gasteiger partial charge >= 0.3 is 12.1 Å². The van der Waals surface area contributed by atoms with Gasteiger partial charge in [0.05, 0.1) is 0 Å². The van der Waals surface area contributed by atoms with E-state index in [0.717, 1.165) is 11.5 Å². The topological polar surface area (TPSA) is 46.5 Å². The van der Waals surface area contributed by atoms with Crippen LogP contribution >= 0.6 is 0 Å². The molecule has 0 unspecified atom stereocenters. The number of hydrogen-bond acceptors (Lipinski definition) is 3. The van der Waals surface area contributed by atoms with Crippen molar-refractivity contribution in [2.24, 2.45) is 0 Å². The van der Waals surface area contributed by atoms with Gasteiger partial charge in [0.15, 0.2) is 0 Å². The average Bonchev–Trinajstić information content (AvgIpc) is 2.48. The first-order chi connectivity index (χ1) is 10.4. The second kappa shape index (κ2) is 4.91. The third-order valence-corrected chi connectivity index (χ3v) is 3.28. The van der Waals surface area contributed by atoms with Gasteiger partial charge in [-0.1, -0.05) is 30.3 Å². The van der Waals surface area contributed by atoms with E-state index < -0.39 is 12.1 Å². The van der Waals surface area contributed by atoms with Crippen molar-refractivity contribution in [1.29, 1.82) is 0 Å². The Morgan fingerprint density at radius 3 is 2.41 bits per heavy atom. The van der Waals surface area contributed by atoms with E-state index in [-0.39, 0.29) is 16.9 Å². The van der Waals surface area contributed by atoms with Crippen molar-refractivity contribution in [3.8, 4) is 11.5 Å². The highest BCUT2D eigenvalue weighted by atomic mass is 19.4. The van der Waals surface area contributed by atoms with Crippen LogP contribution in [0.4, 0.5) is 13.2 Å². The van der Waals surface area contributed by atoms with Crippen LogP contribution in [0.5, 0.6) is 11.5 Å². The molecule has 3 rings (SSSR count). The molecule has 0 bridgehead atoms. The van der Waals surface area contributed by atoms with Crippen molar-refractivity contribution < 1.29 is 27.8 Å². The van der Waals surface area contributed by atoms with E-state index in [1.54, 1.807) is 24.3 Å². The first-order valence-corrected chi connectivity index (χ1v) is 6.30. The van der Waals surface area contributed by atoms with Crippen LogP contribution in [-0.4, -0.2) is 17.3 Å². The summed E-state index contributed by atoms with van der Waals surface area (Å²) in [6, 6.07) is 12.6. The SMILES string of the molecule is O=C(Oc1ccc(O)c2c1ccc1ccccc12)C(F)(F)F. The van der Waals surface area contributed by atoms with Crippen molar-refractivity contribution in [3.05, 3.63) is 48.5 Å². The number of carbonyl (C=O) groups is 1. The van der Waals surface area contributed by atoms with E-state index in [2.05, 4.69) is 4.74 Å². The Hall–Kier alpha value is -2.76. The molecule has 3 aromatic rings. The largest absolute Gasteiger partial charge is 0.507 e. The third kappa shape index (κ3) is 2.32. The molecule has 0 saturated carbocycles. The lowest BCUT2D eigenvalue weighted by atomic mass is 10.0. The predicted molar refractivity (Wildman–Crippen MR) is 74.8 cm³/mol. The van der Waals surface area contributed by atoms with Crippen molar-refractivity contribution in [3.63, 3.8) is 0 Å². The van der Waals surface area contributed by atoms with E-state index in [1.807, 2.05) is 6.07 Å². The minimum absolute atomic E-state index is 0.0985. The number of phenolic OH excluding ortho intramolecular Hbond substituents is 1. The van der Waals surface area contributed by atoms with Gasteiger partial charge in [0.2, 0.25) is 0 Å². The maximum Gasteiger partial charge on any atom is 0.491 e. The quantitative estimate of drug-likeness (QED) is 0.417. The van der Waals surface area contributed by atoms with E-state index in [9.17, 15) is 23.1 Å². The van der Waals surface area contributed by atoms with Gasteiger partial charge in [0.1, 0.15) is 11.5 Å². The average molecular weight is 306 g/mol. The second-order valence-electron chi connectivity index (χ2n) is 4.68. The molecular formula is C16H9F3O3. The molecule has 0 heterocycles. The summed E-state index contributed by atoms with van der Waals surface area (Å²) < 4.78 is 41.5. The van der Waals surface area contributed by atoms with Crippen LogP contribution < -0.4 is 4.74 Å². The lowest BCUT2D eigenvalue weighted by Crippen LogP contribution is -2.28. The molecule has 0 aliphatic carbocycles. The van der Waals surface area contributed by atoms with Crippen LogP contribution in [0, 0.1) is 0 Å². The van der Waals surface area contributed by atoms with Gasteiger partial charge in [-0.3, -0.25) is 0 Å². The second-order valence-corrected chi connectivity index (χ2v) is 4.68. The number of fused-ring (bicyclic) bond motifs is 3. The van der Waals surface area contributed by atoms with Gasteiger partial charge in [0.25, 0.3) is 0 Å². The number of aromatic hydroxyl groups is 1. The number of halogens is 3. The molecule has 3 aromatic carbocycles. The minimum Gasteiger partial charge on any atom is -0.507 e. The Balaban J connectivity index is 2.24. The number of ether oxygens (including phenoxy) is 1. The van der Waals surface area contributed by atoms with E-state index >= 15 is 0 Å². The van der Waals surface area contributed by atoms with Gasteiger partial charge in [-0.2, -0.15) is 13.2 Å². The van der Waals surface area contributed by atoms with Crippen molar-refractivity contribution in [2.75, 3.05) is 0 Å². The number of rotatable bonds is 1. The Labute approximate surface area is 122 Å². The molecule has 0 spiro atoms. The van der Waals surface area contributed by atoms with Crippen LogP contribution in [0.3, 0.4) is 0 Å². The van der Waals surface area contributed by atoms with Crippen molar-refractivity contribution in [1.82, 2.24) is 0 Å². The normalized spacial score (nSPS) is 11.8. The molecule has 0 amide bonds. The van der Waals surface area contributed by atoms with Gasteiger partial charge < -0.3 is 9.84 Å². The van der Waals surface area contributed by atoms with E-state index in [4.69, 9.17) is 0 Å². The van der Waals surface area contributed by atoms with Crippen molar-refractivity contribution in [2.45, 2.75) is 6.18 Å². The van der Waals surface area contributed by atoms with Crippen LogP contribution in [0.2, 0.25) is 0 Å². The molecule has 1 N–H and O–H groups in total. The number of hydrogen-bond donors (Lipinski definition) is 1. The summed E-state index contributed by atoms with van der Waals surface area (Å²) in [6.07, 6.45) is -5.08. The highest BCUT2D eigenvalue weighted by Gasteiger charge is 2.41. The highest BCUT2D eigenvalue weighted by Crippen LogP contribution is 2.38. The number of esters is 1. The molecule has 112 valence electrons. The molecule has 3 nitrogen and oxygen atoms in total. The van der Waals surface area contributed by atoms with E-state index in [1.165, 1.54) is 12.1 Å². The highest BCUT2D eigenvalue weighted by molar-refractivity contribution is 6.12. The molecule has 22 heavy (non-hydrogen) atoms. The van der Waals surface area contributed by atoms with Gasteiger partial charge in [-0.15, -0.1) is 0 Å². The zero-order valence-corrected chi connectivity index (χ0v) is 11.0. The van der Waals surface area contributed by atoms with Crippen LogP contribution in [0.15, 0.2) is 48.5 Å². The van der Waals surface area contributed by atoms with Crippen LogP contribution in [0.1, 0.15) is 0 Å². The molecule has 0 aliphatic heterocycles. The molecule has 0 radical (unpaired) electrons. The summed E-state index contributed by atoms with van der Waals surface area (Å²) in [5.74, 6) is -2.65. The first-order valence-electron chi connectivity index (χ1n) is 6.30. The zero-order valence-electron chi connectivity index (χ0n) is 11.0. The Kier molecular flexibility index (Phi) is 3.16. The predicted octanol–water partition coefficient (Wildman–Crippen LogP) is 4.17. The minimum atomic E-state index is -5.08. The lowest BCUT2D eigenvalue weighted by Gasteiger charge is -2.12. The van der Waals surface area contributed by atoms with Gasteiger partial charge in [-0.25, -0.2) is 4.79 Å². The summed E-state index contributed by atoms with van der Waals surface area (Å²) >= 11 is 0. The smallest absolute Gasteiger partial charge is 0.491 e. The summed E-state index contributed by atoms with van der Waals surface area (Å²) in [4.78, 5) is 11.0. The molecule has 0 saturated heterocycles. The monoisotopic (exact) mass is 306 g/mol. The summed E-state index contributed by atoms with van der Waals surface area (Å²) in [5, 5.41) is 12.1. The fourth-order valence-corrected chi connectivity index (χ4v) is 2.33. The maximum absolute atomic E-state index is 12.3. The number of phenols is 1. The summed E-state index contributed by atoms with van der Waals surface area (Å²) in [7, 11) is 0. The van der Waals surface area contributed by atoms with Crippen LogP contribution in [-0.2, 0) is 4.79 Å². The Morgan fingerprint density at radius 1 is 0.955 bits per heavy atom. The summed E-state index contributed by atoms with van der Waals surface area (Å²) in [6.45, 7) is 0. The number of benzene rings is 3. The zero-order chi connectivity index (χ0) is 15.9. The number of carbonyl (C=O) groups excluding carboxylic acids is 1. The molecule has 0 fully saturated rings. The number of alkyl halides is 3. The molecule has 0 atom stereocenters. The Bertz CT molecular complexity index is 885. The lowest BCUT2D eigenvalue weighted by molar-refractivity contribution is -0.189. The maximum atomic E-state index is 12.3. The molecule has 6 heteroatoms. The van der Waals surface area contributed by atoms with Crippen LogP contribution in [0.25, 0.3) is 21.5 Å². The van der Waals surface area contributed by atoms with Gasteiger partial charge in [-0.05, 0) is 29.0 Å². The molecular weight excluding hydrogens is 297 g/mol.